The number of carbonyl (C=O) groups is 1. The first-order chi connectivity index (χ1) is 13.8. The van der Waals surface area contributed by atoms with Gasteiger partial charge in [0.25, 0.3) is 0 Å². The van der Waals surface area contributed by atoms with Crippen LogP contribution in [0.25, 0.3) is 11.4 Å². The summed E-state index contributed by atoms with van der Waals surface area (Å²) in [6, 6.07) is 16.6. The Morgan fingerprint density at radius 1 is 1.21 bits per heavy atom. The third-order valence-electron chi connectivity index (χ3n) is 4.70. The number of likely N-dealkylation sites (tertiary alicyclic amines) is 1. The topological polar surface area (TPSA) is 80.5 Å². The van der Waals surface area contributed by atoms with Crippen molar-refractivity contribution in [1.82, 2.24) is 15.0 Å². The summed E-state index contributed by atoms with van der Waals surface area (Å²) in [7, 11) is 0. The second-order valence-electron chi connectivity index (χ2n) is 6.53. The van der Waals surface area contributed by atoms with E-state index >= 15 is 0 Å². The van der Waals surface area contributed by atoms with Gasteiger partial charge >= 0.3 is 6.03 Å². The van der Waals surface area contributed by atoms with Gasteiger partial charge in [0.15, 0.2) is 0 Å². The minimum absolute atomic E-state index is 0.200. The number of ether oxygens (including phenoxy) is 1. The highest BCUT2D eigenvalue weighted by Crippen LogP contribution is 2.33. The van der Waals surface area contributed by atoms with E-state index in [0.29, 0.717) is 36.3 Å². The zero-order chi connectivity index (χ0) is 19.3. The highest BCUT2D eigenvalue weighted by Gasteiger charge is 2.34. The Morgan fingerprint density at radius 2 is 2.00 bits per heavy atom. The van der Waals surface area contributed by atoms with Gasteiger partial charge in [-0.1, -0.05) is 47.6 Å². The number of aromatic nitrogens is 2. The van der Waals surface area contributed by atoms with E-state index in [1.54, 1.807) is 4.90 Å². The Labute approximate surface area is 163 Å². The van der Waals surface area contributed by atoms with E-state index in [9.17, 15) is 4.79 Å². The Balaban J connectivity index is 1.51. The molecule has 1 fully saturated rings. The van der Waals surface area contributed by atoms with E-state index in [-0.39, 0.29) is 12.1 Å². The molecule has 7 nitrogen and oxygen atoms in total. The molecule has 0 spiro atoms. The molecule has 7 heteroatoms. The molecule has 144 valence electrons. The molecule has 1 aromatic heterocycles. The lowest BCUT2D eigenvalue weighted by Crippen LogP contribution is -2.34. The monoisotopic (exact) mass is 378 g/mol. The molecular weight excluding hydrogens is 356 g/mol. The molecule has 2 aromatic carbocycles. The molecule has 2 amide bonds. The van der Waals surface area contributed by atoms with Gasteiger partial charge in [-0.15, -0.1) is 0 Å². The van der Waals surface area contributed by atoms with Crippen molar-refractivity contribution in [2.45, 2.75) is 25.8 Å². The average molecular weight is 378 g/mol. The van der Waals surface area contributed by atoms with Crippen LogP contribution in [0, 0.1) is 0 Å². The Hall–Kier alpha value is -3.35. The van der Waals surface area contributed by atoms with E-state index in [2.05, 4.69) is 15.5 Å². The summed E-state index contributed by atoms with van der Waals surface area (Å²) in [5.74, 6) is 1.65. The highest BCUT2D eigenvalue weighted by molar-refractivity contribution is 5.91. The summed E-state index contributed by atoms with van der Waals surface area (Å²) in [6.45, 7) is 3.08. The fourth-order valence-electron chi connectivity index (χ4n) is 3.38. The van der Waals surface area contributed by atoms with Crippen LogP contribution >= 0.6 is 0 Å². The number of hydrogen-bond donors (Lipinski definition) is 1. The Morgan fingerprint density at radius 3 is 2.82 bits per heavy atom. The van der Waals surface area contributed by atoms with Crippen molar-refractivity contribution in [3.05, 3.63) is 60.5 Å². The van der Waals surface area contributed by atoms with Crippen LogP contribution in [0.4, 0.5) is 10.5 Å². The van der Waals surface area contributed by atoms with Gasteiger partial charge in [0, 0.05) is 12.1 Å². The van der Waals surface area contributed by atoms with Crippen LogP contribution < -0.4 is 10.1 Å². The number of para-hydroxylation sites is 2. The maximum atomic E-state index is 12.9. The van der Waals surface area contributed by atoms with Gasteiger partial charge in [0.1, 0.15) is 11.8 Å². The van der Waals surface area contributed by atoms with Crippen LogP contribution in [0.3, 0.4) is 0 Å². The molecule has 1 saturated heterocycles. The maximum Gasteiger partial charge on any atom is 0.322 e. The SMILES string of the molecule is CCOc1ccccc1NC(=O)N1CCC[C@@H]1c1nc(-c2ccccc2)no1. The predicted octanol–water partition coefficient (Wildman–Crippen LogP) is 4.50. The molecule has 2 heterocycles. The van der Waals surface area contributed by atoms with Gasteiger partial charge in [-0.2, -0.15) is 4.98 Å². The number of urea groups is 1. The zero-order valence-electron chi connectivity index (χ0n) is 15.7. The quantitative estimate of drug-likeness (QED) is 0.707. The molecule has 0 bridgehead atoms. The average Bonchev–Trinajstić information content (AvgIpc) is 3.40. The van der Waals surface area contributed by atoms with Gasteiger partial charge in [-0.25, -0.2) is 4.79 Å². The van der Waals surface area contributed by atoms with Crippen LogP contribution in [-0.2, 0) is 0 Å². The van der Waals surface area contributed by atoms with Gasteiger partial charge < -0.3 is 19.5 Å². The van der Waals surface area contributed by atoms with E-state index in [4.69, 9.17) is 9.26 Å². The normalized spacial score (nSPS) is 16.2. The van der Waals surface area contributed by atoms with E-state index in [0.717, 1.165) is 18.4 Å². The molecule has 0 aliphatic carbocycles. The second-order valence-corrected chi connectivity index (χ2v) is 6.53. The third kappa shape index (κ3) is 3.69. The molecule has 4 rings (SSSR count). The largest absolute Gasteiger partial charge is 0.492 e. The third-order valence-corrected chi connectivity index (χ3v) is 4.70. The number of nitrogens with zero attached hydrogens (tertiary/aromatic N) is 3. The molecule has 1 N–H and O–H groups in total. The van der Waals surface area contributed by atoms with Crippen LogP contribution in [0.15, 0.2) is 59.1 Å². The number of carbonyl (C=O) groups excluding carboxylic acids is 1. The highest BCUT2D eigenvalue weighted by atomic mass is 16.5. The number of benzene rings is 2. The molecule has 0 saturated carbocycles. The molecular formula is C21H22N4O3. The lowest BCUT2D eigenvalue weighted by Gasteiger charge is -2.23. The van der Waals surface area contributed by atoms with Crippen LogP contribution in [-0.4, -0.2) is 34.2 Å². The maximum absolute atomic E-state index is 12.9. The van der Waals surface area contributed by atoms with E-state index < -0.39 is 0 Å². The molecule has 0 unspecified atom stereocenters. The van der Waals surface area contributed by atoms with Crippen molar-refractivity contribution < 1.29 is 14.1 Å². The summed E-state index contributed by atoms with van der Waals surface area (Å²) in [6.07, 6.45) is 1.67. The number of hydrogen-bond acceptors (Lipinski definition) is 5. The first-order valence-corrected chi connectivity index (χ1v) is 9.44. The molecule has 1 aliphatic heterocycles. The van der Waals surface area contributed by atoms with Crippen LogP contribution in [0.2, 0.25) is 0 Å². The Bertz CT molecular complexity index is 942. The zero-order valence-corrected chi connectivity index (χ0v) is 15.7. The number of rotatable bonds is 5. The molecule has 28 heavy (non-hydrogen) atoms. The van der Waals surface area contributed by atoms with Gasteiger partial charge in [-0.3, -0.25) is 0 Å². The molecule has 3 aromatic rings. The first-order valence-electron chi connectivity index (χ1n) is 9.44. The van der Waals surface area contributed by atoms with Crippen molar-refractivity contribution in [3.8, 4) is 17.1 Å². The summed E-state index contributed by atoms with van der Waals surface area (Å²) in [5, 5.41) is 7.03. The fourth-order valence-corrected chi connectivity index (χ4v) is 3.38. The van der Waals surface area contributed by atoms with Crippen LogP contribution in [0.1, 0.15) is 31.7 Å². The first kappa shape index (κ1) is 18.0. The van der Waals surface area contributed by atoms with Gasteiger partial charge in [-0.05, 0) is 31.9 Å². The smallest absolute Gasteiger partial charge is 0.322 e. The lowest BCUT2D eigenvalue weighted by molar-refractivity contribution is 0.193. The lowest BCUT2D eigenvalue weighted by atomic mass is 10.2. The van der Waals surface area contributed by atoms with Gasteiger partial charge in [0.2, 0.25) is 11.7 Å². The standard InChI is InChI=1S/C21H22N4O3/c1-2-27-18-13-7-6-11-16(18)22-21(26)25-14-8-12-17(25)20-23-19(24-28-20)15-9-4-3-5-10-15/h3-7,9-11,13,17H,2,8,12,14H2,1H3,(H,22,26)/t17-/m1/s1. The van der Waals surface area contributed by atoms with Crippen molar-refractivity contribution in [2.75, 3.05) is 18.5 Å². The molecule has 1 atom stereocenters. The summed E-state index contributed by atoms with van der Waals surface area (Å²) >= 11 is 0. The van der Waals surface area contributed by atoms with Gasteiger partial charge in [0.05, 0.1) is 12.3 Å². The summed E-state index contributed by atoms with van der Waals surface area (Å²) in [5.41, 5.74) is 1.53. The fraction of sp³-hybridized carbons (Fsp3) is 0.286. The minimum Gasteiger partial charge on any atom is -0.492 e. The van der Waals surface area contributed by atoms with E-state index in [1.165, 1.54) is 0 Å². The number of nitrogens with one attached hydrogen (secondary N) is 1. The van der Waals surface area contributed by atoms with Crippen molar-refractivity contribution in [1.29, 1.82) is 0 Å². The van der Waals surface area contributed by atoms with E-state index in [1.807, 2.05) is 61.5 Å². The Kier molecular flexibility index (Phi) is 5.23. The summed E-state index contributed by atoms with van der Waals surface area (Å²) < 4.78 is 11.1. The van der Waals surface area contributed by atoms with Crippen molar-refractivity contribution >= 4 is 11.7 Å². The second kappa shape index (κ2) is 8.12. The summed E-state index contributed by atoms with van der Waals surface area (Å²) in [4.78, 5) is 19.2. The van der Waals surface area contributed by atoms with Crippen molar-refractivity contribution in [2.24, 2.45) is 0 Å². The number of anilines is 1. The minimum atomic E-state index is -0.232. The van der Waals surface area contributed by atoms with Crippen molar-refractivity contribution in [3.63, 3.8) is 0 Å². The predicted molar refractivity (Wildman–Crippen MR) is 105 cm³/mol. The molecule has 0 radical (unpaired) electrons. The molecule has 1 aliphatic rings. The van der Waals surface area contributed by atoms with Crippen LogP contribution in [0.5, 0.6) is 5.75 Å². The number of amides is 2.